The standard InChI is InChI=1S/C14H12N2OS/c1-16-12(17)9-15-13(10-5-3-2-4-6-10)11-7-8-18-14(11)16/h2-8H,9H2,1H3. The third-order valence-electron chi connectivity index (χ3n) is 3.00. The van der Waals surface area contributed by atoms with Crippen LogP contribution in [0.15, 0.2) is 46.8 Å². The maximum Gasteiger partial charge on any atom is 0.249 e. The zero-order chi connectivity index (χ0) is 12.5. The summed E-state index contributed by atoms with van der Waals surface area (Å²) in [5.41, 5.74) is 3.00. The SMILES string of the molecule is CN1C(=O)CN=C(c2ccccc2)c2ccsc21. The van der Waals surface area contributed by atoms with Crippen LogP contribution in [-0.2, 0) is 4.79 Å². The van der Waals surface area contributed by atoms with Crippen LogP contribution in [0, 0.1) is 0 Å². The summed E-state index contributed by atoms with van der Waals surface area (Å²) in [5.74, 6) is 0.0321. The van der Waals surface area contributed by atoms with Gasteiger partial charge in [0.05, 0.1) is 5.71 Å². The highest BCUT2D eigenvalue weighted by atomic mass is 32.1. The van der Waals surface area contributed by atoms with Gasteiger partial charge in [0, 0.05) is 18.2 Å². The predicted octanol–water partition coefficient (Wildman–Crippen LogP) is 2.56. The Morgan fingerprint density at radius 3 is 2.78 bits per heavy atom. The van der Waals surface area contributed by atoms with E-state index in [1.807, 2.05) is 41.8 Å². The highest BCUT2D eigenvalue weighted by Gasteiger charge is 2.23. The Morgan fingerprint density at radius 2 is 2.00 bits per heavy atom. The molecule has 1 aromatic carbocycles. The van der Waals surface area contributed by atoms with E-state index in [1.165, 1.54) is 0 Å². The predicted molar refractivity (Wildman–Crippen MR) is 74.7 cm³/mol. The molecule has 3 nitrogen and oxygen atoms in total. The fourth-order valence-corrected chi connectivity index (χ4v) is 2.92. The van der Waals surface area contributed by atoms with Gasteiger partial charge in [-0.2, -0.15) is 0 Å². The van der Waals surface area contributed by atoms with Gasteiger partial charge in [-0.05, 0) is 11.4 Å². The molecule has 1 amide bonds. The molecule has 3 rings (SSSR count). The normalized spacial score (nSPS) is 15.1. The molecule has 1 aromatic heterocycles. The van der Waals surface area contributed by atoms with E-state index < -0.39 is 0 Å². The van der Waals surface area contributed by atoms with E-state index in [0.29, 0.717) is 0 Å². The van der Waals surface area contributed by atoms with Gasteiger partial charge >= 0.3 is 0 Å². The third-order valence-corrected chi connectivity index (χ3v) is 3.99. The first-order chi connectivity index (χ1) is 8.77. The molecule has 1 aliphatic rings. The minimum atomic E-state index is 0.0321. The van der Waals surface area contributed by atoms with Crippen LogP contribution in [0.5, 0.6) is 0 Å². The maximum absolute atomic E-state index is 11.9. The second-order valence-corrected chi connectivity index (χ2v) is 5.02. The second kappa shape index (κ2) is 4.38. The summed E-state index contributed by atoms with van der Waals surface area (Å²) >= 11 is 1.57. The van der Waals surface area contributed by atoms with Crippen molar-refractivity contribution in [3.8, 4) is 0 Å². The van der Waals surface area contributed by atoms with Gasteiger partial charge in [-0.3, -0.25) is 9.79 Å². The lowest BCUT2D eigenvalue weighted by atomic mass is 10.0. The summed E-state index contributed by atoms with van der Waals surface area (Å²) in [5, 5.41) is 2.97. The van der Waals surface area contributed by atoms with Gasteiger partial charge in [0.15, 0.2) is 0 Å². The summed E-state index contributed by atoms with van der Waals surface area (Å²) in [4.78, 5) is 18.0. The van der Waals surface area contributed by atoms with Crippen molar-refractivity contribution in [1.29, 1.82) is 0 Å². The highest BCUT2D eigenvalue weighted by Crippen LogP contribution is 2.31. The molecule has 0 saturated carbocycles. The number of fused-ring (bicyclic) bond motifs is 1. The molecule has 2 heterocycles. The number of likely N-dealkylation sites (N-methyl/N-ethyl adjacent to an activating group) is 1. The molecular formula is C14H12N2OS. The summed E-state index contributed by atoms with van der Waals surface area (Å²) in [6, 6.07) is 12.0. The number of anilines is 1. The average Bonchev–Trinajstić information content (AvgIpc) is 2.84. The monoisotopic (exact) mass is 256 g/mol. The van der Waals surface area contributed by atoms with E-state index in [4.69, 9.17) is 0 Å². The van der Waals surface area contributed by atoms with Crippen LogP contribution < -0.4 is 4.90 Å². The molecule has 0 radical (unpaired) electrons. The van der Waals surface area contributed by atoms with Crippen molar-refractivity contribution in [1.82, 2.24) is 0 Å². The molecule has 90 valence electrons. The fraction of sp³-hybridized carbons (Fsp3) is 0.143. The van der Waals surface area contributed by atoms with Gasteiger partial charge < -0.3 is 4.90 Å². The molecule has 0 N–H and O–H groups in total. The van der Waals surface area contributed by atoms with Gasteiger partial charge in [0.25, 0.3) is 0 Å². The number of nitrogens with zero attached hydrogens (tertiary/aromatic N) is 2. The number of carbonyl (C=O) groups is 1. The molecule has 18 heavy (non-hydrogen) atoms. The molecule has 0 unspecified atom stereocenters. The van der Waals surface area contributed by atoms with Crippen LogP contribution in [-0.4, -0.2) is 25.2 Å². The van der Waals surface area contributed by atoms with Crippen molar-refractivity contribution in [2.24, 2.45) is 4.99 Å². The van der Waals surface area contributed by atoms with Gasteiger partial charge in [0.1, 0.15) is 11.5 Å². The highest BCUT2D eigenvalue weighted by molar-refractivity contribution is 7.14. The van der Waals surface area contributed by atoms with E-state index in [2.05, 4.69) is 4.99 Å². The molecule has 0 atom stereocenters. The molecule has 1 aliphatic heterocycles. The number of thiophene rings is 1. The lowest BCUT2D eigenvalue weighted by Crippen LogP contribution is -2.26. The van der Waals surface area contributed by atoms with Crippen molar-refractivity contribution < 1.29 is 4.79 Å². The Morgan fingerprint density at radius 1 is 1.22 bits per heavy atom. The van der Waals surface area contributed by atoms with E-state index in [-0.39, 0.29) is 12.5 Å². The Bertz CT molecular complexity index is 616. The number of hydrogen-bond acceptors (Lipinski definition) is 3. The third kappa shape index (κ3) is 1.75. The minimum absolute atomic E-state index is 0.0321. The molecule has 0 bridgehead atoms. The van der Waals surface area contributed by atoms with Crippen molar-refractivity contribution in [2.75, 3.05) is 18.5 Å². The fourth-order valence-electron chi connectivity index (χ4n) is 2.04. The van der Waals surface area contributed by atoms with E-state index in [1.54, 1.807) is 23.3 Å². The Kier molecular flexibility index (Phi) is 2.72. The Hall–Kier alpha value is -1.94. The molecule has 0 saturated heterocycles. The second-order valence-electron chi connectivity index (χ2n) is 4.12. The van der Waals surface area contributed by atoms with E-state index >= 15 is 0 Å². The Balaban J connectivity index is 2.17. The van der Waals surface area contributed by atoms with Crippen LogP contribution in [0.3, 0.4) is 0 Å². The summed E-state index contributed by atoms with van der Waals surface area (Å²) < 4.78 is 0. The molecule has 4 heteroatoms. The van der Waals surface area contributed by atoms with Crippen molar-refractivity contribution in [3.63, 3.8) is 0 Å². The molecule has 0 aliphatic carbocycles. The zero-order valence-electron chi connectivity index (χ0n) is 9.96. The van der Waals surface area contributed by atoms with Crippen molar-refractivity contribution in [3.05, 3.63) is 52.9 Å². The van der Waals surface area contributed by atoms with E-state index in [9.17, 15) is 4.79 Å². The summed E-state index contributed by atoms with van der Waals surface area (Å²) in [6.45, 7) is 0.210. The van der Waals surface area contributed by atoms with Crippen molar-refractivity contribution in [2.45, 2.75) is 0 Å². The van der Waals surface area contributed by atoms with Crippen LogP contribution in [0.1, 0.15) is 11.1 Å². The smallest absolute Gasteiger partial charge is 0.249 e. The molecular weight excluding hydrogens is 244 g/mol. The van der Waals surface area contributed by atoms with Crippen LogP contribution in [0.2, 0.25) is 0 Å². The number of carbonyl (C=O) groups excluding carboxylic acids is 1. The first-order valence-corrected chi connectivity index (χ1v) is 6.59. The van der Waals surface area contributed by atoms with Gasteiger partial charge in [-0.1, -0.05) is 30.3 Å². The average molecular weight is 256 g/mol. The van der Waals surface area contributed by atoms with Gasteiger partial charge in [-0.25, -0.2) is 0 Å². The first kappa shape index (κ1) is 11.2. The number of rotatable bonds is 1. The number of hydrogen-bond donors (Lipinski definition) is 0. The largest absolute Gasteiger partial charge is 0.305 e. The number of amides is 1. The van der Waals surface area contributed by atoms with Crippen LogP contribution in [0.4, 0.5) is 5.00 Å². The quantitative estimate of drug-likeness (QED) is 0.771. The number of benzene rings is 1. The topological polar surface area (TPSA) is 32.7 Å². The zero-order valence-corrected chi connectivity index (χ0v) is 10.8. The molecule has 0 spiro atoms. The van der Waals surface area contributed by atoms with Crippen molar-refractivity contribution >= 4 is 28.0 Å². The number of aliphatic imine (C=N–C) groups is 1. The molecule has 0 fully saturated rings. The van der Waals surface area contributed by atoms with Crippen LogP contribution in [0.25, 0.3) is 0 Å². The summed E-state index contributed by atoms with van der Waals surface area (Å²) in [7, 11) is 1.81. The van der Waals surface area contributed by atoms with Gasteiger partial charge in [0.2, 0.25) is 5.91 Å². The molecule has 2 aromatic rings. The lowest BCUT2D eigenvalue weighted by molar-refractivity contribution is -0.116. The van der Waals surface area contributed by atoms with Gasteiger partial charge in [-0.15, -0.1) is 11.3 Å². The maximum atomic E-state index is 11.9. The minimum Gasteiger partial charge on any atom is -0.305 e. The lowest BCUT2D eigenvalue weighted by Gasteiger charge is -2.13. The van der Waals surface area contributed by atoms with E-state index in [0.717, 1.165) is 21.8 Å². The van der Waals surface area contributed by atoms with Crippen LogP contribution >= 0.6 is 11.3 Å². The summed E-state index contributed by atoms with van der Waals surface area (Å²) in [6.07, 6.45) is 0. The first-order valence-electron chi connectivity index (χ1n) is 5.71. The Labute approximate surface area is 109 Å².